The lowest BCUT2D eigenvalue weighted by atomic mass is 9.90. The number of nitrogens with one attached hydrogen (secondary N) is 1. The normalized spacial score (nSPS) is 13.0. The van der Waals surface area contributed by atoms with E-state index in [1.807, 2.05) is 0 Å². The van der Waals surface area contributed by atoms with Crippen molar-refractivity contribution >= 4 is 11.6 Å². The molecule has 0 saturated carbocycles. The molecule has 0 atom stereocenters. The first kappa shape index (κ1) is 12.6. The van der Waals surface area contributed by atoms with Crippen molar-refractivity contribution < 1.29 is 14.0 Å². The summed E-state index contributed by atoms with van der Waals surface area (Å²) in [6.45, 7) is 0. The molecule has 5 heteroatoms. The van der Waals surface area contributed by atoms with Gasteiger partial charge in [0.15, 0.2) is 0 Å². The lowest BCUT2D eigenvalue weighted by Gasteiger charge is -2.11. The van der Waals surface area contributed by atoms with Gasteiger partial charge in [-0.1, -0.05) is 24.3 Å². The maximum atomic E-state index is 13.0. The Hall–Kier alpha value is -3.08. The number of aromatic nitrogens is 2. The first-order chi connectivity index (χ1) is 10.6. The van der Waals surface area contributed by atoms with Crippen LogP contribution in [0.15, 0.2) is 48.5 Å². The van der Waals surface area contributed by atoms with Gasteiger partial charge in [-0.2, -0.15) is 0 Å². The molecule has 4 rings (SSSR count). The fourth-order valence-electron chi connectivity index (χ4n) is 2.59. The maximum Gasteiger partial charge on any atom is 0.214 e. The number of benzene rings is 2. The minimum atomic E-state index is -0.361. The zero-order valence-corrected chi connectivity index (χ0v) is 11.3. The number of carbonyl (C=O) groups is 2. The average molecular weight is 292 g/mol. The second-order valence-electron chi connectivity index (χ2n) is 5.02. The Kier molecular flexibility index (Phi) is 2.56. The van der Waals surface area contributed by atoms with Gasteiger partial charge in [0, 0.05) is 16.7 Å². The first-order valence-electron chi connectivity index (χ1n) is 6.69. The van der Waals surface area contributed by atoms with Gasteiger partial charge in [0.05, 0.1) is 0 Å². The molecule has 0 unspecified atom stereocenters. The Morgan fingerprint density at radius 3 is 2.18 bits per heavy atom. The van der Waals surface area contributed by atoms with Crippen LogP contribution in [0.25, 0.3) is 11.4 Å². The molecule has 1 aliphatic carbocycles. The lowest BCUT2D eigenvalue weighted by molar-refractivity contribution is 0.0974. The highest BCUT2D eigenvalue weighted by Gasteiger charge is 2.33. The van der Waals surface area contributed by atoms with Crippen molar-refractivity contribution in [1.82, 2.24) is 9.97 Å². The van der Waals surface area contributed by atoms with Crippen LogP contribution in [0.2, 0.25) is 0 Å². The number of hydrogen-bond acceptors (Lipinski definition) is 3. The topological polar surface area (TPSA) is 62.8 Å². The van der Waals surface area contributed by atoms with Gasteiger partial charge >= 0.3 is 0 Å². The third kappa shape index (κ3) is 1.72. The minimum Gasteiger partial charge on any atom is -0.335 e. The van der Waals surface area contributed by atoms with Crippen LogP contribution in [0.5, 0.6) is 0 Å². The van der Waals surface area contributed by atoms with E-state index in [0.29, 0.717) is 22.5 Å². The highest BCUT2D eigenvalue weighted by Crippen LogP contribution is 2.28. The molecule has 3 aromatic rings. The van der Waals surface area contributed by atoms with Gasteiger partial charge in [-0.3, -0.25) is 9.59 Å². The van der Waals surface area contributed by atoms with Crippen molar-refractivity contribution in [2.24, 2.45) is 0 Å². The molecule has 22 heavy (non-hydrogen) atoms. The van der Waals surface area contributed by atoms with E-state index in [1.54, 1.807) is 36.4 Å². The SMILES string of the molecule is O=C1c2ccccc2C(=O)c2[nH]c(-c3ccc(F)cc3)nc21. The number of fused-ring (bicyclic) bond motifs is 2. The molecule has 0 bridgehead atoms. The molecule has 1 heterocycles. The fraction of sp³-hybridized carbons (Fsp3) is 0. The second-order valence-corrected chi connectivity index (χ2v) is 5.02. The molecule has 0 fully saturated rings. The summed E-state index contributed by atoms with van der Waals surface area (Å²) in [5.41, 5.74) is 1.64. The van der Waals surface area contributed by atoms with Gasteiger partial charge in [-0.15, -0.1) is 0 Å². The van der Waals surface area contributed by atoms with Crippen LogP contribution >= 0.6 is 0 Å². The molecule has 106 valence electrons. The van der Waals surface area contributed by atoms with Crippen molar-refractivity contribution in [2.45, 2.75) is 0 Å². The van der Waals surface area contributed by atoms with Crippen LogP contribution < -0.4 is 0 Å². The Morgan fingerprint density at radius 1 is 0.864 bits per heavy atom. The Bertz CT molecular complexity index is 874. The van der Waals surface area contributed by atoms with E-state index in [1.165, 1.54) is 12.1 Å². The number of H-pyrrole nitrogens is 1. The van der Waals surface area contributed by atoms with Gasteiger partial charge in [-0.25, -0.2) is 9.37 Å². The molecule has 2 aromatic carbocycles. The summed E-state index contributed by atoms with van der Waals surface area (Å²) in [4.78, 5) is 32.0. The number of rotatable bonds is 1. The summed E-state index contributed by atoms with van der Waals surface area (Å²) < 4.78 is 13.0. The van der Waals surface area contributed by atoms with E-state index in [-0.39, 0.29) is 28.8 Å². The number of aromatic amines is 1. The molecule has 1 aromatic heterocycles. The molecule has 1 aliphatic rings. The van der Waals surface area contributed by atoms with Gasteiger partial charge < -0.3 is 4.98 Å². The van der Waals surface area contributed by atoms with E-state index in [0.717, 1.165) is 0 Å². The summed E-state index contributed by atoms with van der Waals surface area (Å²) in [6, 6.07) is 12.4. The summed E-state index contributed by atoms with van der Waals surface area (Å²) in [5, 5.41) is 0. The van der Waals surface area contributed by atoms with Crippen molar-refractivity contribution in [3.05, 3.63) is 76.9 Å². The molecule has 4 nitrogen and oxygen atoms in total. The standard InChI is InChI=1S/C17H9FN2O2/c18-10-7-5-9(6-8-10)17-19-13-14(20-17)16(22)12-4-2-1-3-11(12)15(13)21/h1-8H,(H,19,20). The van der Waals surface area contributed by atoms with Crippen LogP contribution in [0.4, 0.5) is 4.39 Å². The minimum absolute atomic E-state index is 0.114. The van der Waals surface area contributed by atoms with Gasteiger partial charge in [0.1, 0.15) is 23.0 Å². The summed E-state index contributed by atoms with van der Waals surface area (Å²) in [7, 11) is 0. The molecular weight excluding hydrogens is 283 g/mol. The fourth-order valence-corrected chi connectivity index (χ4v) is 2.59. The van der Waals surface area contributed by atoms with Crippen LogP contribution in [0.3, 0.4) is 0 Å². The van der Waals surface area contributed by atoms with E-state index in [4.69, 9.17) is 0 Å². The molecular formula is C17H9FN2O2. The molecule has 0 radical (unpaired) electrons. The number of imidazole rings is 1. The average Bonchev–Trinajstić information content (AvgIpc) is 2.99. The highest BCUT2D eigenvalue weighted by molar-refractivity contribution is 6.27. The van der Waals surface area contributed by atoms with Crippen LogP contribution in [-0.4, -0.2) is 21.5 Å². The van der Waals surface area contributed by atoms with Gasteiger partial charge in [-0.05, 0) is 24.3 Å². The smallest absolute Gasteiger partial charge is 0.214 e. The monoisotopic (exact) mass is 292 g/mol. The Balaban J connectivity index is 1.88. The number of hydrogen-bond donors (Lipinski definition) is 1. The zero-order chi connectivity index (χ0) is 15.3. The van der Waals surface area contributed by atoms with Crippen molar-refractivity contribution in [3.8, 4) is 11.4 Å². The molecule has 0 amide bonds. The van der Waals surface area contributed by atoms with Crippen molar-refractivity contribution in [1.29, 1.82) is 0 Å². The first-order valence-corrected chi connectivity index (χ1v) is 6.69. The van der Waals surface area contributed by atoms with Gasteiger partial charge in [0.2, 0.25) is 11.6 Å². The summed E-state index contributed by atoms with van der Waals surface area (Å²) in [5.74, 6) is -0.528. The third-order valence-corrected chi connectivity index (χ3v) is 3.68. The lowest BCUT2D eigenvalue weighted by Crippen LogP contribution is -2.20. The van der Waals surface area contributed by atoms with E-state index in [2.05, 4.69) is 9.97 Å². The highest BCUT2D eigenvalue weighted by atomic mass is 19.1. The number of ketones is 2. The Labute approximate surface area is 124 Å². The third-order valence-electron chi connectivity index (χ3n) is 3.68. The molecule has 1 N–H and O–H groups in total. The predicted molar refractivity (Wildman–Crippen MR) is 77.3 cm³/mol. The zero-order valence-electron chi connectivity index (χ0n) is 11.3. The summed E-state index contributed by atoms with van der Waals surface area (Å²) >= 11 is 0. The predicted octanol–water partition coefficient (Wildman–Crippen LogP) is 2.99. The largest absolute Gasteiger partial charge is 0.335 e. The number of halogens is 1. The quantitative estimate of drug-likeness (QED) is 0.586. The van der Waals surface area contributed by atoms with Crippen molar-refractivity contribution in [2.75, 3.05) is 0 Å². The van der Waals surface area contributed by atoms with Crippen molar-refractivity contribution in [3.63, 3.8) is 0 Å². The Morgan fingerprint density at radius 2 is 1.50 bits per heavy atom. The van der Waals surface area contributed by atoms with Crippen LogP contribution in [0, 0.1) is 5.82 Å². The van der Waals surface area contributed by atoms with Crippen LogP contribution in [0.1, 0.15) is 32.1 Å². The van der Waals surface area contributed by atoms with E-state index < -0.39 is 0 Å². The second kappa shape index (κ2) is 4.46. The van der Waals surface area contributed by atoms with E-state index >= 15 is 0 Å². The molecule has 0 aliphatic heterocycles. The molecule has 0 saturated heterocycles. The molecule has 0 spiro atoms. The number of nitrogens with zero attached hydrogens (tertiary/aromatic N) is 1. The van der Waals surface area contributed by atoms with Crippen LogP contribution in [-0.2, 0) is 0 Å². The van der Waals surface area contributed by atoms with Gasteiger partial charge in [0.25, 0.3) is 0 Å². The maximum absolute atomic E-state index is 13.0. The summed E-state index contributed by atoms with van der Waals surface area (Å²) in [6.07, 6.45) is 0. The van der Waals surface area contributed by atoms with E-state index in [9.17, 15) is 14.0 Å². The number of carbonyl (C=O) groups excluding carboxylic acids is 2.